The lowest BCUT2D eigenvalue weighted by Gasteiger charge is -2.20. The molecule has 0 aromatic heterocycles. The Bertz CT molecular complexity index is 608. The molecule has 0 saturated heterocycles. The molecule has 1 atom stereocenters. The lowest BCUT2D eigenvalue weighted by Crippen LogP contribution is -2.27. The molecular formula is C23H35ClN2O. The van der Waals surface area contributed by atoms with Crippen LogP contribution in [0.2, 0.25) is 0 Å². The van der Waals surface area contributed by atoms with E-state index in [0.29, 0.717) is 12.5 Å². The Morgan fingerprint density at radius 3 is 2.56 bits per heavy atom. The van der Waals surface area contributed by atoms with Crippen LogP contribution in [0, 0.1) is 5.92 Å². The van der Waals surface area contributed by atoms with Crippen LogP contribution in [0.4, 0.5) is 0 Å². The van der Waals surface area contributed by atoms with E-state index in [2.05, 4.69) is 43.0 Å². The van der Waals surface area contributed by atoms with Crippen LogP contribution >= 0.6 is 11.6 Å². The smallest absolute Gasteiger partial charge is 0.129 e. The highest BCUT2D eigenvalue weighted by Gasteiger charge is 2.25. The number of hydrogen-bond donors (Lipinski definition) is 0. The minimum atomic E-state index is 0.443. The molecule has 0 bridgehead atoms. The fourth-order valence-corrected chi connectivity index (χ4v) is 4.09. The maximum Gasteiger partial charge on any atom is 0.129 e. The minimum Gasteiger partial charge on any atom is -0.394 e. The molecule has 0 amide bonds. The second-order valence-corrected chi connectivity index (χ2v) is 7.60. The number of hydrogen-bond acceptors (Lipinski definition) is 3. The van der Waals surface area contributed by atoms with Crippen molar-refractivity contribution in [3.8, 4) is 0 Å². The summed E-state index contributed by atoms with van der Waals surface area (Å²) in [6.07, 6.45) is 6.84. The first-order valence-electron chi connectivity index (χ1n) is 10.6. The van der Waals surface area contributed by atoms with E-state index in [1.165, 1.54) is 18.4 Å². The van der Waals surface area contributed by atoms with Crippen LogP contribution in [0.3, 0.4) is 0 Å². The van der Waals surface area contributed by atoms with Crippen LogP contribution in [-0.4, -0.2) is 36.9 Å². The van der Waals surface area contributed by atoms with Crippen molar-refractivity contribution in [2.24, 2.45) is 11.1 Å². The van der Waals surface area contributed by atoms with Crippen molar-refractivity contribution in [2.45, 2.75) is 59.3 Å². The summed E-state index contributed by atoms with van der Waals surface area (Å²) in [6, 6.07) is 10.3. The zero-order valence-corrected chi connectivity index (χ0v) is 18.0. The summed E-state index contributed by atoms with van der Waals surface area (Å²) in [6.45, 7) is 10.2. The summed E-state index contributed by atoms with van der Waals surface area (Å²) < 4.78 is 0. The van der Waals surface area contributed by atoms with E-state index in [9.17, 15) is 0 Å². The zero-order chi connectivity index (χ0) is 19.5. The Morgan fingerprint density at radius 1 is 1.15 bits per heavy atom. The number of oxime groups is 1. The Hall–Kier alpha value is -1.32. The van der Waals surface area contributed by atoms with Gasteiger partial charge in [-0.25, -0.2) is 0 Å². The van der Waals surface area contributed by atoms with Crippen molar-refractivity contribution >= 4 is 22.3 Å². The van der Waals surface area contributed by atoms with E-state index in [1.54, 1.807) is 0 Å². The van der Waals surface area contributed by atoms with Gasteiger partial charge in [0.2, 0.25) is 0 Å². The highest BCUT2D eigenvalue weighted by Crippen LogP contribution is 2.35. The van der Waals surface area contributed by atoms with Gasteiger partial charge in [0, 0.05) is 12.5 Å². The summed E-state index contributed by atoms with van der Waals surface area (Å²) in [5.41, 5.74) is 3.34. The molecular weight excluding hydrogens is 356 g/mol. The molecule has 150 valence electrons. The maximum absolute atomic E-state index is 6.86. The van der Waals surface area contributed by atoms with Gasteiger partial charge < -0.3 is 9.74 Å². The van der Waals surface area contributed by atoms with Gasteiger partial charge in [0.25, 0.3) is 0 Å². The molecule has 3 nitrogen and oxygen atoms in total. The summed E-state index contributed by atoms with van der Waals surface area (Å²) in [5.74, 6) is 0.443. The molecule has 1 saturated carbocycles. The molecule has 0 radical (unpaired) electrons. The third-order valence-electron chi connectivity index (χ3n) is 5.41. The highest BCUT2D eigenvalue weighted by atomic mass is 35.5. The molecule has 1 aromatic rings. The third-order valence-corrected chi connectivity index (χ3v) is 5.86. The van der Waals surface area contributed by atoms with Gasteiger partial charge in [-0.05, 0) is 49.9 Å². The van der Waals surface area contributed by atoms with Gasteiger partial charge in [-0.2, -0.15) is 0 Å². The SMILES string of the molecule is CCC[C@@H]1CCCCC(=C(\Cl)c2ccccc2)/C1=N/OCCN(CC)CC. The topological polar surface area (TPSA) is 24.8 Å². The quantitative estimate of drug-likeness (QED) is 0.279. The molecule has 0 aliphatic heterocycles. The van der Waals surface area contributed by atoms with E-state index < -0.39 is 0 Å². The van der Waals surface area contributed by atoms with Crippen molar-refractivity contribution in [1.82, 2.24) is 4.90 Å². The van der Waals surface area contributed by atoms with Gasteiger partial charge >= 0.3 is 0 Å². The lowest BCUT2D eigenvalue weighted by molar-refractivity contribution is 0.113. The standard InChI is InChI=1S/C23H35ClN2O/c1-4-12-20-15-10-11-16-21(22(24)19-13-8-7-9-14-19)23(20)25-27-18-17-26(5-2)6-3/h7-9,13-14,20H,4-6,10-12,15-18H2,1-3H3/b22-21+,25-23+/t20-/m1/s1. The monoisotopic (exact) mass is 390 g/mol. The Balaban J connectivity index is 2.26. The average Bonchev–Trinajstić information content (AvgIpc) is 2.91. The van der Waals surface area contributed by atoms with Crippen LogP contribution < -0.4 is 0 Å². The summed E-state index contributed by atoms with van der Waals surface area (Å²) in [4.78, 5) is 8.16. The second-order valence-electron chi connectivity index (χ2n) is 7.23. The van der Waals surface area contributed by atoms with E-state index >= 15 is 0 Å². The van der Waals surface area contributed by atoms with Crippen LogP contribution in [0.1, 0.15) is 64.9 Å². The Labute approximate surface area is 170 Å². The van der Waals surface area contributed by atoms with Crippen molar-refractivity contribution in [3.63, 3.8) is 0 Å². The first-order valence-corrected chi connectivity index (χ1v) is 11.0. The maximum atomic E-state index is 6.86. The van der Waals surface area contributed by atoms with Crippen molar-refractivity contribution < 1.29 is 4.84 Å². The number of benzene rings is 1. The molecule has 1 aliphatic carbocycles. The van der Waals surface area contributed by atoms with Gasteiger partial charge in [-0.15, -0.1) is 0 Å². The average molecular weight is 391 g/mol. The summed E-state index contributed by atoms with van der Waals surface area (Å²) >= 11 is 6.86. The molecule has 0 heterocycles. The van der Waals surface area contributed by atoms with E-state index in [-0.39, 0.29) is 0 Å². The number of halogens is 1. The first-order chi connectivity index (χ1) is 13.2. The fraction of sp³-hybridized carbons (Fsp3) is 0.609. The number of rotatable bonds is 9. The predicted molar refractivity (Wildman–Crippen MR) is 117 cm³/mol. The van der Waals surface area contributed by atoms with Gasteiger partial charge in [0.1, 0.15) is 6.61 Å². The normalized spacial score (nSPS) is 21.4. The van der Waals surface area contributed by atoms with Gasteiger partial charge in [-0.1, -0.05) is 80.7 Å². The number of allylic oxidation sites excluding steroid dienone is 1. The van der Waals surface area contributed by atoms with Crippen LogP contribution in [0.25, 0.3) is 5.03 Å². The fourth-order valence-electron chi connectivity index (χ4n) is 3.77. The molecule has 0 spiro atoms. The second kappa shape index (κ2) is 12.2. The van der Waals surface area contributed by atoms with Gasteiger partial charge in [0.15, 0.2) is 0 Å². The van der Waals surface area contributed by atoms with Crippen molar-refractivity contribution in [1.29, 1.82) is 0 Å². The minimum absolute atomic E-state index is 0.443. The Morgan fingerprint density at radius 2 is 1.89 bits per heavy atom. The van der Waals surface area contributed by atoms with Crippen molar-refractivity contribution in [2.75, 3.05) is 26.2 Å². The van der Waals surface area contributed by atoms with Crippen LogP contribution in [-0.2, 0) is 4.84 Å². The zero-order valence-electron chi connectivity index (χ0n) is 17.2. The first kappa shape index (κ1) is 22.0. The molecule has 0 N–H and O–H groups in total. The summed E-state index contributed by atoms with van der Waals surface area (Å²) in [7, 11) is 0. The van der Waals surface area contributed by atoms with Crippen molar-refractivity contribution in [3.05, 3.63) is 41.5 Å². The van der Waals surface area contributed by atoms with Crippen LogP contribution in [0.15, 0.2) is 41.1 Å². The third kappa shape index (κ3) is 6.65. The number of nitrogens with zero attached hydrogens (tertiary/aromatic N) is 2. The lowest BCUT2D eigenvalue weighted by atomic mass is 9.90. The molecule has 1 aromatic carbocycles. The predicted octanol–water partition coefficient (Wildman–Crippen LogP) is 6.34. The molecule has 1 fully saturated rings. The van der Waals surface area contributed by atoms with Gasteiger partial charge in [-0.3, -0.25) is 0 Å². The van der Waals surface area contributed by atoms with E-state index in [1.807, 2.05) is 18.2 Å². The molecule has 4 heteroatoms. The molecule has 0 unspecified atom stereocenters. The largest absolute Gasteiger partial charge is 0.394 e. The molecule has 2 rings (SSSR count). The van der Waals surface area contributed by atoms with Crippen LogP contribution in [0.5, 0.6) is 0 Å². The summed E-state index contributed by atoms with van der Waals surface area (Å²) in [5, 5.41) is 5.50. The van der Waals surface area contributed by atoms with E-state index in [0.717, 1.165) is 61.6 Å². The van der Waals surface area contributed by atoms with E-state index in [4.69, 9.17) is 16.4 Å². The highest BCUT2D eigenvalue weighted by molar-refractivity contribution is 6.51. The molecule has 27 heavy (non-hydrogen) atoms. The Kier molecular flexibility index (Phi) is 9.93. The van der Waals surface area contributed by atoms with Gasteiger partial charge in [0.05, 0.1) is 10.7 Å². The number of likely N-dealkylation sites (N-methyl/N-ethyl adjacent to an activating group) is 1. The molecule has 1 aliphatic rings.